The van der Waals surface area contributed by atoms with Crippen molar-refractivity contribution < 1.29 is 36.8 Å². The molecule has 1 aromatic carbocycles. The Morgan fingerprint density at radius 3 is 2.41 bits per heavy atom. The van der Waals surface area contributed by atoms with E-state index in [2.05, 4.69) is 15.2 Å². The summed E-state index contributed by atoms with van der Waals surface area (Å²) in [7, 11) is 0. The summed E-state index contributed by atoms with van der Waals surface area (Å²) in [5.41, 5.74) is 0.741. The molecule has 27 heavy (non-hydrogen) atoms. The number of aryl methyl sites for hydroxylation is 1. The minimum Gasteiger partial charge on any atom is -0.452 e. The smallest absolute Gasteiger partial charge is 0.452 e. The van der Waals surface area contributed by atoms with Crippen molar-refractivity contribution in [3.63, 3.8) is 0 Å². The van der Waals surface area contributed by atoms with E-state index in [-0.39, 0.29) is 17.2 Å². The van der Waals surface area contributed by atoms with E-state index in [4.69, 9.17) is 9.26 Å². The highest BCUT2D eigenvalue weighted by molar-refractivity contribution is 5.96. The van der Waals surface area contributed by atoms with Crippen molar-refractivity contribution in [2.75, 3.05) is 11.9 Å². The Labute approximate surface area is 152 Å². The fraction of sp³-hybridized carbons (Fsp3) is 0.353. The Bertz CT molecular complexity index is 813. The second-order valence-electron chi connectivity index (χ2n) is 5.86. The minimum atomic E-state index is -4.80. The van der Waals surface area contributed by atoms with Gasteiger partial charge in [0.25, 0.3) is 5.91 Å². The molecule has 0 fully saturated rings. The number of carbonyl (C=O) groups excluding carboxylic acids is 2. The molecule has 1 N–H and O–H groups in total. The molecule has 0 aliphatic carbocycles. The Balaban J connectivity index is 1.91. The summed E-state index contributed by atoms with van der Waals surface area (Å²) in [6, 6.07) is 4.54. The lowest BCUT2D eigenvalue weighted by molar-refractivity contribution is -0.274. The maximum atomic E-state index is 12.2. The van der Waals surface area contributed by atoms with E-state index in [1.807, 2.05) is 13.8 Å². The zero-order valence-electron chi connectivity index (χ0n) is 14.7. The molecule has 1 heterocycles. The van der Waals surface area contributed by atoms with Crippen molar-refractivity contribution in [1.82, 2.24) is 5.16 Å². The van der Waals surface area contributed by atoms with E-state index in [0.29, 0.717) is 11.5 Å². The van der Waals surface area contributed by atoms with Gasteiger partial charge in [0.2, 0.25) is 0 Å². The first-order chi connectivity index (χ1) is 12.6. The van der Waals surface area contributed by atoms with Crippen molar-refractivity contribution in [3.8, 4) is 5.75 Å². The van der Waals surface area contributed by atoms with Crippen LogP contribution in [-0.2, 0) is 9.53 Å². The average molecular weight is 386 g/mol. The van der Waals surface area contributed by atoms with Gasteiger partial charge in [-0.05, 0) is 31.2 Å². The van der Waals surface area contributed by atoms with E-state index in [9.17, 15) is 22.8 Å². The van der Waals surface area contributed by atoms with Crippen LogP contribution in [0.5, 0.6) is 5.75 Å². The van der Waals surface area contributed by atoms with Crippen LogP contribution in [0.1, 0.15) is 41.6 Å². The number of nitrogens with one attached hydrogen (secondary N) is 1. The van der Waals surface area contributed by atoms with Crippen LogP contribution in [0.3, 0.4) is 0 Å². The molecule has 0 aliphatic heterocycles. The third-order valence-electron chi connectivity index (χ3n) is 3.32. The predicted octanol–water partition coefficient (Wildman–Crippen LogP) is 3.80. The standard InChI is InChI=1S/C17H17F3N2O5/c1-9(2)15-14(10(3)22-27-15)16(24)25-8-13(23)21-11-4-6-12(7-5-11)26-17(18,19)20/h4-7,9H,8H2,1-3H3,(H,21,23). The molecule has 0 spiro atoms. The topological polar surface area (TPSA) is 90.7 Å². The van der Waals surface area contributed by atoms with Crippen molar-refractivity contribution in [1.29, 1.82) is 0 Å². The molecule has 0 radical (unpaired) electrons. The highest BCUT2D eigenvalue weighted by Gasteiger charge is 2.31. The molecule has 7 nitrogen and oxygen atoms in total. The second kappa shape index (κ2) is 8.11. The molecule has 10 heteroatoms. The molecular formula is C17H17F3N2O5. The molecule has 0 saturated heterocycles. The number of anilines is 1. The zero-order valence-corrected chi connectivity index (χ0v) is 14.7. The van der Waals surface area contributed by atoms with Gasteiger partial charge in [0.05, 0.1) is 5.69 Å². The maximum absolute atomic E-state index is 12.2. The fourth-order valence-electron chi connectivity index (χ4n) is 2.17. The van der Waals surface area contributed by atoms with Gasteiger partial charge in [0, 0.05) is 11.6 Å². The summed E-state index contributed by atoms with van der Waals surface area (Å²) in [5, 5.41) is 6.11. The molecule has 0 unspecified atom stereocenters. The first-order valence-corrected chi connectivity index (χ1v) is 7.85. The van der Waals surface area contributed by atoms with Crippen molar-refractivity contribution in [3.05, 3.63) is 41.3 Å². The molecule has 0 atom stereocenters. The number of ether oxygens (including phenoxy) is 2. The van der Waals surface area contributed by atoms with Gasteiger partial charge in [0.15, 0.2) is 12.4 Å². The number of amides is 1. The first kappa shape index (κ1) is 20.3. The highest BCUT2D eigenvalue weighted by Crippen LogP contribution is 2.24. The lowest BCUT2D eigenvalue weighted by atomic mass is 10.1. The number of esters is 1. The van der Waals surface area contributed by atoms with Crippen molar-refractivity contribution in [2.45, 2.75) is 33.1 Å². The Morgan fingerprint density at radius 2 is 1.85 bits per heavy atom. The lowest BCUT2D eigenvalue weighted by Crippen LogP contribution is -2.21. The van der Waals surface area contributed by atoms with Crippen LogP contribution in [0, 0.1) is 6.92 Å². The number of nitrogens with zero attached hydrogens (tertiary/aromatic N) is 1. The molecule has 1 aromatic heterocycles. The van der Waals surface area contributed by atoms with Gasteiger partial charge in [0.1, 0.15) is 11.3 Å². The van der Waals surface area contributed by atoms with E-state index in [1.54, 1.807) is 6.92 Å². The van der Waals surface area contributed by atoms with Crippen LogP contribution in [0.4, 0.5) is 18.9 Å². The number of aromatic nitrogens is 1. The molecule has 1 amide bonds. The van der Waals surface area contributed by atoms with Gasteiger partial charge in [-0.25, -0.2) is 4.79 Å². The fourth-order valence-corrected chi connectivity index (χ4v) is 2.17. The number of halogens is 3. The monoisotopic (exact) mass is 386 g/mol. The highest BCUT2D eigenvalue weighted by atomic mass is 19.4. The number of benzene rings is 1. The zero-order chi connectivity index (χ0) is 20.2. The molecule has 2 aromatic rings. The van der Waals surface area contributed by atoms with Gasteiger partial charge in [-0.1, -0.05) is 19.0 Å². The molecule has 0 aliphatic rings. The van der Waals surface area contributed by atoms with Crippen LogP contribution in [0.25, 0.3) is 0 Å². The predicted molar refractivity (Wildman–Crippen MR) is 87.4 cm³/mol. The molecule has 146 valence electrons. The Hall–Kier alpha value is -3.04. The third-order valence-corrected chi connectivity index (χ3v) is 3.32. The number of rotatable bonds is 6. The molecule has 2 rings (SSSR count). The summed E-state index contributed by atoms with van der Waals surface area (Å²) < 4.78 is 50.1. The molecular weight excluding hydrogens is 369 g/mol. The van der Waals surface area contributed by atoms with Gasteiger partial charge < -0.3 is 19.3 Å². The minimum absolute atomic E-state index is 0.0972. The number of hydrogen-bond donors (Lipinski definition) is 1. The summed E-state index contributed by atoms with van der Waals surface area (Å²) in [6.45, 7) is 4.63. The van der Waals surface area contributed by atoms with Crippen molar-refractivity contribution in [2.24, 2.45) is 0 Å². The third kappa shape index (κ3) is 5.73. The number of hydrogen-bond acceptors (Lipinski definition) is 6. The quantitative estimate of drug-likeness (QED) is 0.760. The summed E-state index contributed by atoms with van der Waals surface area (Å²) in [6.07, 6.45) is -4.80. The normalized spacial score (nSPS) is 11.4. The van der Waals surface area contributed by atoms with Crippen LogP contribution < -0.4 is 10.1 Å². The average Bonchev–Trinajstić information content (AvgIpc) is 2.95. The summed E-state index contributed by atoms with van der Waals surface area (Å²) >= 11 is 0. The molecule has 0 bridgehead atoms. The maximum Gasteiger partial charge on any atom is 0.573 e. The van der Waals surface area contributed by atoms with Gasteiger partial charge >= 0.3 is 12.3 Å². The number of alkyl halides is 3. The van der Waals surface area contributed by atoms with E-state index < -0.39 is 30.6 Å². The molecule has 0 saturated carbocycles. The van der Waals surface area contributed by atoms with E-state index >= 15 is 0 Å². The van der Waals surface area contributed by atoms with Gasteiger partial charge in [-0.2, -0.15) is 0 Å². The summed E-state index contributed by atoms with van der Waals surface area (Å²) in [4.78, 5) is 24.0. The van der Waals surface area contributed by atoms with Gasteiger partial charge in [-0.15, -0.1) is 13.2 Å². The lowest BCUT2D eigenvalue weighted by Gasteiger charge is -2.10. The van der Waals surface area contributed by atoms with Crippen LogP contribution in [0.15, 0.2) is 28.8 Å². The van der Waals surface area contributed by atoms with Gasteiger partial charge in [-0.3, -0.25) is 4.79 Å². The Kier molecular flexibility index (Phi) is 6.09. The SMILES string of the molecule is Cc1noc(C(C)C)c1C(=O)OCC(=O)Nc1ccc(OC(F)(F)F)cc1. The number of carbonyl (C=O) groups is 2. The van der Waals surface area contributed by atoms with Crippen LogP contribution >= 0.6 is 0 Å². The van der Waals surface area contributed by atoms with E-state index in [0.717, 1.165) is 12.1 Å². The van der Waals surface area contributed by atoms with Crippen LogP contribution in [-0.4, -0.2) is 30.0 Å². The largest absolute Gasteiger partial charge is 0.573 e. The van der Waals surface area contributed by atoms with E-state index in [1.165, 1.54) is 12.1 Å². The van der Waals surface area contributed by atoms with Crippen molar-refractivity contribution >= 4 is 17.6 Å². The van der Waals surface area contributed by atoms with Crippen LogP contribution in [0.2, 0.25) is 0 Å². The Morgan fingerprint density at radius 1 is 1.22 bits per heavy atom. The summed E-state index contributed by atoms with van der Waals surface area (Å²) in [5.74, 6) is -1.57. The second-order valence-corrected chi connectivity index (χ2v) is 5.86. The first-order valence-electron chi connectivity index (χ1n) is 7.85.